The number of nitrogens with one attached hydrogen (secondary N) is 1. The van der Waals surface area contributed by atoms with Crippen LogP contribution in [0.5, 0.6) is 11.5 Å². The Bertz CT molecular complexity index is 1080. The van der Waals surface area contributed by atoms with Gasteiger partial charge in [-0.05, 0) is 31.4 Å². The van der Waals surface area contributed by atoms with E-state index in [1.165, 1.54) is 29.3 Å². The number of anilines is 1. The van der Waals surface area contributed by atoms with Crippen LogP contribution in [0.2, 0.25) is 5.02 Å². The highest BCUT2D eigenvalue weighted by Crippen LogP contribution is 2.34. The molecule has 158 valence electrons. The molecule has 0 aliphatic carbocycles. The Morgan fingerprint density at radius 2 is 2.20 bits per heavy atom. The van der Waals surface area contributed by atoms with Gasteiger partial charge in [-0.1, -0.05) is 11.6 Å². The summed E-state index contributed by atoms with van der Waals surface area (Å²) in [6, 6.07) is 4.81. The minimum absolute atomic E-state index is 0.0283. The van der Waals surface area contributed by atoms with Crippen LogP contribution in [0.15, 0.2) is 36.8 Å². The molecule has 0 aliphatic rings. The fraction of sp³-hybridized carbons (Fsp3) is 0.211. The summed E-state index contributed by atoms with van der Waals surface area (Å²) in [5.41, 5.74) is 7.16. The largest absolute Gasteiger partial charge is 0.507 e. The summed E-state index contributed by atoms with van der Waals surface area (Å²) < 4.78 is 12.4. The summed E-state index contributed by atoms with van der Waals surface area (Å²) in [5, 5.41) is 18.4. The third-order valence-electron chi connectivity index (χ3n) is 4.18. The molecule has 2 atom stereocenters. The first-order valence-corrected chi connectivity index (χ1v) is 9.89. The first kappa shape index (κ1) is 21.8. The number of nitrogens with zero attached hydrogens (tertiary/aromatic N) is 3. The third kappa shape index (κ3) is 4.48. The molecule has 2 heterocycles. The Labute approximate surface area is 180 Å². The van der Waals surface area contributed by atoms with Crippen LogP contribution in [0.4, 0.5) is 5.82 Å². The lowest BCUT2D eigenvalue weighted by Crippen LogP contribution is -2.24. The van der Waals surface area contributed by atoms with Crippen molar-refractivity contribution in [2.24, 2.45) is 0 Å². The fourth-order valence-corrected chi connectivity index (χ4v) is 3.20. The van der Waals surface area contributed by atoms with Gasteiger partial charge in [0.15, 0.2) is 17.8 Å². The van der Waals surface area contributed by atoms with E-state index >= 15 is 0 Å². The first-order chi connectivity index (χ1) is 14.3. The van der Waals surface area contributed by atoms with Gasteiger partial charge in [-0.15, -0.1) is 9.24 Å². The zero-order chi connectivity index (χ0) is 21.8. The lowest BCUT2D eigenvalue weighted by molar-refractivity contribution is 0.0526. The molecule has 0 spiro atoms. The maximum Gasteiger partial charge on any atom is 0.341 e. The summed E-state index contributed by atoms with van der Waals surface area (Å²) in [6.45, 7) is 1.99. The molecule has 0 aliphatic heterocycles. The Kier molecular flexibility index (Phi) is 6.77. The molecule has 30 heavy (non-hydrogen) atoms. The molecular formula is C19H21ClN5O4P. The van der Waals surface area contributed by atoms with Crippen LogP contribution < -0.4 is 21.1 Å². The zero-order valence-corrected chi connectivity index (χ0v) is 18.2. The van der Waals surface area contributed by atoms with Crippen LogP contribution in [0.1, 0.15) is 29.1 Å². The van der Waals surface area contributed by atoms with Crippen LogP contribution >= 0.6 is 20.8 Å². The smallest absolute Gasteiger partial charge is 0.341 e. The molecule has 0 radical (unpaired) electrons. The Morgan fingerprint density at radius 3 is 2.90 bits per heavy atom. The third-order valence-corrected chi connectivity index (χ3v) is 5.27. The van der Waals surface area contributed by atoms with Crippen molar-refractivity contribution in [1.82, 2.24) is 20.1 Å². The lowest BCUT2D eigenvalue weighted by atomic mass is 10.1. The van der Waals surface area contributed by atoms with Gasteiger partial charge < -0.3 is 20.3 Å². The fourth-order valence-electron chi connectivity index (χ4n) is 2.69. The molecule has 0 bridgehead atoms. The highest BCUT2D eigenvalue weighted by atomic mass is 35.5. The molecule has 0 fully saturated rings. The number of hydrogen-bond donors (Lipinski definition) is 3. The van der Waals surface area contributed by atoms with Gasteiger partial charge in [0, 0.05) is 12.3 Å². The maximum atomic E-state index is 11.9. The van der Waals surface area contributed by atoms with Gasteiger partial charge in [-0.25, -0.2) is 14.5 Å². The normalized spacial score (nSPS) is 11.9. The monoisotopic (exact) mass is 449 g/mol. The molecule has 0 amide bonds. The summed E-state index contributed by atoms with van der Waals surface area (Å²) in [6.07, 6.45) is 3.61. The highest BCUT2D eigenvalue weighted by Gasteiger charge is 2.22. The van der Waals surface area contributed by atoms with Gasteiger partial charge in [0.2, 0.25) is 0 Å². The van der Waals surface area contributed by atoms with Crippen LogP contribution in [0, 0.1) is 0 Å². The molecule has 11 heteroatoms. The maximum absolute atomic E-state index is 11.9. The minimum atomic E-state index is -0.801. The average Bonchev–Trinajstić information content (AvgIpc) is 3.22. The summed E-state index contributed by atoms with van der Waals surface area (Å²) in [5.74, 6) is -0.125. The number of carbonyl (C=O) groups is 1. The SMILES string of the molecule is CCOC(=O)c1cnn(-c2cnc(N)c(OC(NC)c3c(O)ccc(P)c3Cl)c2)c1. The molecule has 9 nitrogen and oxygen atoms in total. The van der Waals surface area contributed by atoms with Crippen LogP contribution in [0.3, 0.4) is 0 Å². The van der Waals surface area contributed by atoms with Gasteiger partial charge in [0.05, 0.1) is 40.8 Å². The number of benzene rings is 1. The standard InChI is InChI=1S/C19H21ClN5O4P/c1-3-28-19(27)10-7-24-25(9-10)11-6-13(17(21)23-8-11)29-18(22-2)15-12(26)4-5-14(30)16(15)20/h4-9,18,22,26H,3,30H2,1-2H3,(H2,21,23). The predicted octanol–water partition coefficient (Wildman–Crippen LogP) is 2.18. The van der Waals surface area contributed by atoms with Crippen molar-refractivity contribution in [1.29, 1.82) is 0 Å². The molecule has 1 aromatic carbocycles. The van der Waals surface area contributed by atoms with E-state index in [1.54, 1.807) is 26.1 Å². The molecule has 2 unspecified atom stereocenters. The van der Waals surface area contributed by atoms with E-state index in [0.29, 0.717) is 27.1 Å². The molecule has 0 saturated heterocycles. The number of aromatic nitrogens is 3. The van der Waals surface area contributed by atoms with Crippen molar-refractivity contribution in [3.63, 3.8) is 0 Å². The number of ether oxygens (including phenoxy) is 2. The second-order valence-electron chi connectivity index (χ2n) is 6.16. The van der Waals surface area contributed by atoms with E-state index in [-0.39, 0.29) is 23.9 Å². The van der Waals surface area contributed by atoms with Gasteiger partial charge in [-0.2, -0.15) is 5.10 Å². The van der Waals surface area contributed by atoms with Crippen molar-refractivity contribution in [2.75, 3.05) is 19.4 Å². The number of hydrogen-bond acceptors (Lipinski definition) is 8. The van der Waals surface area contributed by atoms with Crippen LogP contribution in [-0.4, -0.2) is 39.5 Å². The minimum Gasteiger partial charge on any atom is -0.507 e. The van der Waals surface area contributed by atoms with E-state index in [4.69, 9.17) is 26.8 Å². The molecule has 3 rings (SSSR count). The summed E-state index contributed by atoms with van der Waals surface area (Å²) >= 11 is 6.36. The van der Waals surface area contributed by atoms with Crippen molar-refractivity contribution in [3.05, 3.63) is 52.9 Å². The first-order valence-electron chi connectivity index (χ1n) is 8.94. The molecule has 0 saturated carbocycles. The number of halogens is 1. The highest BCUT2D eigenvalue weighted by molar-refractivity contribution is 7.28. The predicted molar refractivity (Wildman–Crippen MR) is 117 cm³/mol. The summed E-state index contributed by atoms with van der Waals surface area (Å²) in [7, 11) is 4.15. The van der Waals surface area contributed by atoms with Crippen molar-refractivity contribution >= 4 is 37.9 Å². The zero-order valence-electron chi connectivity index (χ0n) is 16.3. The van der Waals surface area contributed by atoms with E-state index < -0.39 is 12.2 Å². The van der Waals surface area contributed by atoms with Crippen LogP contribution in [-0.2, 0) is 4.74 Å². The number of aromatic hydroxyl groups is 1. The van der Waals surface area contributed by atoms with E-state index in [1.807, 2.05) is 0 Å². The van der Waals surface area contributed by atoms with Gasteiger partial charge in [0.1, 0.15) is 5.75 Å². The number of carbonyl (C=O) groups excluding carboxylic acids is 1. The number of phenols is 1. The number of rotatable bonds is 7. The van der Waals surface area contributed by atoms with E-state index in [2.05, 4.69) is 24.6 Å². The van der Waals surface area contributed by atoms with Gasteiger partial charge in [0.25, 0.3) is 0 Å². The number of esters is 1. The molecule has 4 N–H and O–H groups in total. The van der Waals surface area contributed by atoms with Gasteiger partial charge >= 0.3 is 5.97 Å². The van der Waals surface area contributed by atoms with Crippen molar-refractivity contribution in [3.8, 4) is 17.2 Å². The molecule has 3 aromatic rings. The number of nitrogens with two attached hydrogens (primary N) is 1. The number of nitrogen functional groups attached to an aromatic ring is 1. The molecule has 2 aromatic heterocycles. The molecular weight excluding hydrogens is 429 g/mol. The summed E-state index contributed by atoms with van der Waals surface area (Å²) in [4.78, 5) is 16.0. The van der Waals surface area contributed by atoms with Crippen LogP contribution in [0.25, 0.3) is 5.69 Å². The van der Waals surface area contributed by atoms with Crippen molar-refractivity contribution in [2.45, 2.75) is 13.2 Å². The Hall–Kier alpha value is -2.87. The second-order valence-corrected chi connectivity index (χ2v) is 7.16. The average molecular weight is 450 g/mol. The van der Waals surface area contributed by atoms with E-state index in [0.717, 1.165) is 0 Å². The Balaban J connectivity index is 1.92. The number of phenolic OH excluding ortho intramolecular Hbond substituents is 1. The van der Waals surface area contributed by atoms with E-state index in [9.17, 15) is 9.90 Å². The second kappa shape index (κ2) is 9.30. The lowest BCUT2D eigenvalue weighted by Gasteiger charge is -2.22. The topological polar surface area (TPSA) is 125 Å². The van der Waals surface area contributed by atoms with Gasteiger partial charge in [-0.3, -0.25) is 5.32 Å². The number of pyridine rings is 1. The quantitative estimate of drug-likeness (QED) is 0.285. The Morgan fingerprint density at radius 1 is 1.43 bits per heavy atom. The van der Waals surface area contributed by atoms with Crippen molar-refractivity contribution < 1.29 is 19.4 Å².